The summed E-state index contributed by atoms with van der Waals surface area (Å²) in [5.74, 6) is 2.42. The zero-order valence-corrected chi connectivity index (χ0v) is 25.8. The maximum Gasteiger partial charge on any atom is 0.255 e. The van der Waals surface area contributed by atoms with Crippen molar-refractivity contribution in [1.82, 2.24) is 14.8 Å². The number of carbonyl (C=O) groups excluding carboxylic acids is 1. The second-order valence-electron chi connectivity index (χ2n) is 9.63. The van der Waals surface area contributed by atoms with E-state index in [4.69, 9.17) is 19.6 Å². The van der Waals surface area contributed by atoms with Gasteiger partial charge in [0.25, 0.3) is 5.91 Å². The van der Waals surface area contributed by atoms with Crippen molar-refractivity contribution in [1.29, 1.82) is 0 Å². The average Bonchev–Trinajstić information content (AvgIpc) is 3.37. The number of nitrogens with one attached hydrogen (secondary N) is 2. The molecule has 1 amide bonds. The number of benzene rings is 3. The van der Waals surface area contributed by atoms with Crippen LogP contribution in [-0.4, -0.2) is 33.5 Å². The SMILES string of the molecule is CCCSc1nc2n(n1)C(c1cc(Br)ccc1OCc1ccccc1C)C(C(=O)Nc1ccccc1OC)=C(C)N2. The number of amides is 1. The summed E-state index contributed by atoms with van der Waals surface area (Å²) in [6.07, 6.45) is 0.998. The number of para-hydroxylation sites is 2. The van der Waals surface area contributed by atoms with Crippen LogP contribution in [0, 0.1) is 6.92 Å². The third-order valence-corrected chi connectivity index (χ3v) is 8.32. The fraction of sp³-hybridized carbons (Fsp3) is 0.258. The fourth-order valence-corrected chi connectivity index (χ4v) is 5.76. The van der Waals surface area contributed by atoms with Crippen molar-refractivity contribution in [2.24, 2.45) is 0 Å². The number of carbonyl (C=O) groups is 1. The number of thioether (sulfide) groups is 1. The van der Waals surface area contributed by atoms with Crippen molar-refractivity contribution >= 4 is 45.2 Å². The topological polar surface area (TPSA) is 90.3 Å². The molecular formula is C31H32BrN5O3S. The number of methoxy groups -OCH3 is 1. The molecule has 0 fully saturated rings. The van der Waals surface area contributed by atoms with E-state index in [2.05, 4.69) is 52.5 Å². The number of allylic oxidation sites excluding steroid dienone is 1. The zero-order valence-electron chi connectivity index (χ0n) is 23.4. The fourth-order valence-electron chi connectivity index (χ4n) is 4.70. The summed E-state index contributed by atoms with van der Waals surface area (Å²) < 4.78 is 14.6. The van der Waals surface area contributed by atoms with Crippen molar-refractivity contribution in [3.63, 3.8) is 0 Å². The molecule has 0 saturated heterocycles. The minimum Gasteiger partial charge on any atom is -0.495 e. The number of rotatable bonds is 10. The number of nitrogens with zero attached hydrogens (tertiary/aromatic N) is 3. The Morgan fingerprint density at radius 3 is 2.66 bits per heavy atom. The summed E-state index contributed by atoms with van der Waals surface area (Å²) in [6, 6.07) is 20.7. The molecule has 0 saturated carbocycles. The van der Waals surface area contributed by atoms with Gasteiger partial charge < -0.3 is 20.1 Å². The van der Waals surface area contributed by atoms with Gasteiger partial charge in [-0.25, -0.2) is 4.68 Å². The number of aryl methyl sites for hydroxylation is 1. The second-order valence-corrected chi connectivity index (χ2v) is 11.6. The van der Waals surface area contributed by atoms with E-state index < -0.39 is 6.04 Å². The lowest BCUT2D eigenvalue weighted by molar-refractivity contribution is -0.113. The minimum atomic E-state index is -0.603. The molecule has 212 valence electrons. The van der Waals surface area contributed by atoms with Crippen LogP contribution in [0.25, 0.3) is 0 Å². The Labute approximate surface area is 252 Å². The third-order valence-electron chi connectivity index (χ3n) is 6.78. The van der Waals surface area contributed by atoms with Gasteiger partial charge in [-0.2, -0.15) is 4.98 Å². The monoisotopic (exact) mass is 633 g/mol. The number of anilines is 2. The van der Waals surface area contributed by atoms with Gasteiger partial charge in [-0.05, 0) is 61.7 Å². The van der Waals surface area contributed by atoms with E-state index in [1.165, 1.54) is 0 Å². The van der Waals surface area contributed by atoms with Crippen LogP contribution in [0.1, 0.15) is 43.0 Å². The summed E-state index contributed by atoms with van der Waals surface area (Å²) in [5, 5.41) is 11.9. The van der Waals surface area contributed by atoms with Crippen molar-refractivity contribution in [3.05, 3.63) is 99.2 Å². The molecule has 10 heteroatoms. The first-order chi connectivity index (χ1) is 19.9. The van der Waals surface area contributed by atoms with Gasteiger partial charge in [-0.1, -0.05) is 71.0 Å². The van der Waals surface area contributed by atoms with E-state index >= 15 is 0 Å². The van der Waals surface area contributed by atoms with Crippen molar-refractivity contribution in [3.8, 4) is 11.5 Å². The van der Waals surface area contributed by atoms with Crippen LogP contribution < -0.4 is 20.1 Å². The molecule has 0 aliphatic carbocycles. The molecule has 2 heterocycles. The maximum absolute atomic E-state index is 14.1. The number of halogens is 1. The predicted molar refractivity (Wildman–Crippen MR) is 167 cm³/mol. The highest BCUT2D eigenvalue weighted by molar-refractivity contribution is 9.10. The van der Waals surface area contributed by atoms with E-state index in [-0.39, 0.29) is 5.91 Å². The zero-order chi connectivity index (χ0) is 28.9. The Bertz CT molecular complexity index is 1600. The molecule has 0 spiro atoms. The smallest absolute Gasteiger partial charge is 0.255 e. The molecule has 1 aromatic heterocycles. The van der Waals surface area contributed by atoms with Gasteiger partial charge >= 0.3 is 0 Å². The van der Waals surface area contributed by atoms with Gasteiger partial charge in [0.15, 0.2) is 0 Å². The van der Waals surface area contributed by atoms with Gasteiger partial charge in [0.1, 0.15) is 24.1 Å². The quantitative estimate of drug-likeness (QED) is 0.176. The lowest BCUT2D eigenvalue weighted by atomic mass is 9.94. The lowest BCUT2D eigenvalue weighted by Crippen LogP contribution is -2.32. The number of aromatic nitrogens is 3. The largest absolute Gasteiger partial charge is 0.495 e. The summed E-state index contributed by atoms with van der Waals surface area (Å²) in [5.41, 5.74) is 4.78. The standard InChI is InChI=1S/C31H32BrN5O3S/c1-5-16-41-31-35-30-33-20(3)27(29(38)34-24-12-8-9-13-26(24)39-4)28(37(30)36-31)23-17-22(32)14-15-25(23)40-18-21-11-7-6-10-19(21)2/h6-15,17,28H,5,16,18H2,1-4H3,(H,34,38)(H,33,35,36). The van der Waals surface area contributed by atoms with Crippen LogP contribution in [-0.2, 0) is 11.4 Å². The van der Waals surface area contributed by atoms with E-state index in [0.29, 0.717) is 46.2 Å². The van der Waals surface area contributed by atoms with Gasteiger partial charge in [0, 0.05) is 21.5 Å². The molecule has 1 unspecified atom stereocenters. The molecule has 8 nitrogen and oxygen atoms in total. The van der Waals surface area contributed by atoms with E-state index in [1.54, 1.807) is 23.6 Å². The first-order valence-electron chi connectivity index (χ1n) is 13.4. The first-order valence-corrected chi connectivity index (χ1v) is 15.2. The highest BCUT2D eigenvalue weighted by Crippen LogP contribution is 2.42. The predicted octanol–water partition coefficient (Wildman–Crippen LogP) is 7.37. The molecule has 0 radical (unpaired) electrons. The molecular weight excluding hydrogens is 602 g/mol. The van der Waals surface area contributed by atoms with Crippen LogP contribution in [0.4, 0.5) is 11.6 Å². The summed E-state index contributed by atoms with van der Waals surface area (Å²) in [6.45, 7) is 6.46. The van der Waals surface area contributed by atoms with E-state index in [1.807, 2.05) is 61.5 Å². The van der Waals surface area contributed by atoms with E-state index in [0.717, 1.165) is 33.3 Å². The summed E-state index contributed by atoms with van der Waals surface area (Å²) in [4.78, 5) is 18.8. The number of ether oxygens (including phenoxy) is 2. The lowest BCUT2D eigenvalue weighted by Gasteiger charge is -2.30. The van der Waals surface area contributed by atoms with Crippen LogP contribution in [0.3, 0.4) is 0 Å². The molecule has 3 aromatic carbocycles. The number of fused-ring (bicyclic) bond motifs is 1. The van der Waals surface area contributed by atoms with Crippen molar-refractivity contribution in [2.75, 3.05) is 23.5 Å². The Balaban J connectivity index is 1.59. The van der Waals surface area contributed by atoms with Gasteiger partial charge in [0.2, 0.25) is 11.1 Å². The van der Waals surface area contributed by atoms with Crippen LogP contribution in [0.15, 0.2) is 87.6 Å². The molecule has 4 aromatic rings. The normalized spacial score (nSPS) is 14.3. The molecule has 1 aliphatic rings. The van der Waals surface area contributed by atoms with Crippen molar-refractivity contribution in [2.45, 2.75) is 45.0 Å². The van der Waals surface area contributed by atoms with Crippen LogP contribution in [0.2, 0.25) is 0 Å². The van der Waals surface area contributed by atoms with Gasteiger partial charge in [0.05, 0.1) is 18.4 Å². The molecule has 41 heavy (non-hydrogen) atoms. The highest BCUT2D eigenvalue weighted by Gasteiger charge is 2.36. The van der Waals surface area contributed by atoms with Gasteiger partial charge in [-0.3, -0.25) is 4.79 Å². The summed E-state index contributed by atoms with van der Waals surface area (Å²) >= 11 is 5.23. The molecule has 5 rings (SSSR count). The number of hydrogen-bond acceptors (Lipinski definition) is 7. The maximum atomic E-state index is 14.1. The highest BCUT2D eigenvalue weighted by atomic mass is 79.9. The van der Waals surface area contributed by atoms with Crippen molar-refractivity contribution < 1.29 is 14.3 Å². The minimum absolute atomic E-state index is 0.279. The van der Waals surface area contributed by atoms with Crippen LogP contribution >= 0.6 is 27.7 Å². The number of hydrogen-bond donors (Lipinski definition) is 2. The molecule has 0 bridgehead atoms. The summed E-state index contributed by atoms with van der Waals surface area (Å²) in [7, 11) is 1.58. The molecule has 1 aliphatic heterocycles. The Kier molecular flexibility index (Phi) is 8.99. The second kappa shape index (κ2) is 12.8. The Hall–Kier alpha value is -3.76. The van der Waals surface area contributed by atoms with Crippen LogP contribution in [0.5, 0.6) is 11.5 Å². The first kappa shape index (κ1) is 28.8. The Morgan fingerprint density at radius 2 is 1.88 bits per heavy atom. The third kappa shape index (κ3) is 6.28. The van der Waals surface area contributed by atoms with E-state index in [9.17, 15) is 4.79 Å². The Morgan fingerprint density at radius 1 is 1.10 bits per heavy atom. The molecule has 2 N–H and O–H groups in total. The average molecular weight is 635 g/mol. The van der Waals surface area contributed by atoms with Gasteiger partial charge in [-0.15, -0.1) is 5.10 Å². The molecule has 1 atom stereocenters.